The first-order chi connectivity index (χ1) is 6.38. The summed E-state index contributed by atoms with van der Waals surface area (Å²) in [5, 5.41) is 9.75. The monoisotopic (exact) mass is 193 g/mol. The molecule has 0 aliphatic heterocycles. The molecule has 0 aliphatic carbocycles. The Morgan fingerprint density at radius 2 is 2.23 bits per heavy atom. The molecule has 1 unspecified atom stereocenters. The first-order valence-corrected chi connectivity index (χ1v) is 4.50. The quantitative estimate of drug-likeness (QED) is 0.773. The van der Waals surface area contributed by atoms with Gasteiger partial charge < -0.3 is 5.11 Å². The predicted molar refractivity (Wildman–Crippen MR) is 48.2 cm³/mol. The van der Waals surface area contributed by atoms with Crippen LogP contribution in [0.3, 0.4) is 0 Å². The molecule has 2 heterocycles. The Morgan fingerprint density at radius 3 is 2.85 bits per heavy atom. The fraction of sp³-hybridized carbons (Fsp3) is 0.125. The number of hydrogen-bond donors (Lipinski definition) is 1. The second-order valence-corrected chi connectivity index (χ2v) is 3.31. The number of aliphatic hydroxyl groups is 1. The average Bonchev–Trinajstić information content (AvgIpc) is 2.71. The van der Waals surface area contributed by atoms with Crippen LogP contribution in [0, 0.1) is 0 Å². The van der Waals surface area contributed by atoms with E-state index in [-0.39, 0.29) is 0 Å². The molecule has 0 aromatic carbocycles. The zero-order chi connectivity index (χ0) is 9.10. The minimum absolute atomic E-state index is 0.548. The lowest BCUT2D eigenvalue weighted by molar-refractivity contribution is 0.218. The zero-order valence-electron chi connectivity index (χ0n) is 6.66. The van der Waals surface area contributed by atoms with E-state index < -0.39 is 6.10 Å². The number of nitrogens with zero attached hydrogens (tertiary/aromatic N) is 3. The molecule has 4 nitrogen and oxygen atoms in total. The Hall–Kier alpha value is -1.33. The lowest BCUT2D eigenvalue weighted by atomic mass is 10.2. The smallest absolute Gasteiger partial charge is 0.133 e. The van der Waals surface area contributed by atoms with Gasteiger partial charge in [-0.05, 0) is 17.6 Å². The Labute approximate surface area is 79.1 Å². The van der Waals surface area contributed by atoms with Crippen molar-refractivity contribution in [3.8, 4) is 0 Å². The lowest BCUT2D eigenvalue weighted by Gasteiger charge is -2.04. The van der Waals surface area contributed by atoms with E-state index in [9.17, 15) is 5.11 Å². The summed E-state index contributed by atoms with van der Waals surface area (Å²) in [6, 6.07) is 1.77. The van der Waals surface area contributed by atoms with E-state index in [2.05, 4.69) is 14.3 Å². The lowest BCUT2D eigenvalue weighted by Crippen LogP contribution is -2.00. The molecule has 0 saturated heterocycles. The molecule has 0 fully saturated rings. The molecule has 66 valence electrons. The second kappa shape index (κ2) is 3.59. The standard InChI is InChI=1S/C8H7N3OS/c12-8(7-1-2-11-13-7)6-5-9-3-4-10-6/h1-5,8,12H. The highest BCUT2D eigenvalue weighted by molar-refractivity contribution is 7.05. The van der Waals surface area contributed by atoms with Crippen LogP contribution in [-0.2, 0) is 0 Å². The molecular formula is C8H7N3OS. The summed E-state index contributed by atoms with van der Waals surface area (Å²) in [6.07, 6.45) is 5.62. The Morgan fingerprint density at radius 1 is 1.31 bits per heavy atom. The van der Waals surface area contributed by atoms with Crippen molar-refractivity contribution in [2.24, 2.45) is 0 Å². The second-order valence-electron chi connectivity index (χ2n) is 2.45. The molecule has 0 amide bonds. The molecule has 0 aliphatic rings. The van der Waals surface area contributed by atoms with E-state index in [1.807, 2.05) is 0 Å². The van der Waals surface area contributed by atoms with E-state index >= 15 is 0 Å². The van der Waals surface area contributed by atoms with Gasteiger partial charge in [0, 0.05) is 18.6 Å². The van der Waals surface area contributed by atoms with Crippen molar-refractivity contribution in [1.82, 2.24) is 14.3 Å². The van der Waals surface area contributed by atoms with Gasteiger partial charge in [-0.1, -0.05) is 0 Å². The van der Waals surface area contributed by atoms with E-state index in [1.54, 1.807) is 30.9 Å². The summed E-state index contributed by atoms with van der Waals surface area (Å²) in [5.74, 6) is 0. The fourth-order valence-corrected chi connectivity index (χ4v) is 1.55. The summed E-state index contributed by atoms with van der Waals surface area (Å²) in [7, 11) is 0. The first kappa shape index (κ1) is 8.28. The van der Waals surface area contributed by atoms with Gasteiger partial charge in [0.05, 0.1) is 16.8 Å². The molecule has 0 spiro atoms. The number of aliphatic hydroxyl groups excluding tert-OH is 1. The highest BCUT2D eigenvalue weighted by Crippen LogP contribution is 2.21. The third-order valence-electron chi connectivity index (χ3n) is 1.59. The van der Waals surface area contributed by atoms with Crippen molar-refractivity contribution in [3.63, 3.8) is 0 Å². The van der Waals surface area contributed by atoms with Crippen LogP contribution < -0.4 is 0 Å². The minimum atomic E-state index is -0.707. The summed E-state index contributed by atoms with van der Waals surface area (Å²) >= 11 is 1.26. The Balaban J connectivity index is 2.29. The molecule has 0 saturated carbocycles. The van der Waals surface area contributed by atoms with E-state index in [4.69, 9.17) is 0 Å². The molecule has 1 atom stereocenters. The van der Waals surface area contributed by atoms with Gasteiger partial charge in [0.2, 0.25) is 0 Å². The summed E-state index contributed by atoms with van der Waals surface area (Å²) in [6.45, 7) is 0. The summed E-state index contributed by atoms with van der Waals surface area (Å²) < 4.78 is 3.90. The van der Waals surface area contributed by atoms with E-state index in [1.165, 1.54) is 11.5 Å². The molecule has 5 heteroatoms. The van der Waals surface area contributed by atoms with Gasteiger partial charge in [-0.3, -0.25) is 9.97 Å². The van der Waals surface area contributed by atoms with Crippen molar-refractivity contribution in [2.75, 3.05) is 0 Å². The molecule has 2 aromatic heterocycles. The van der Waals surface area contributed by atoms with Crippen LogP contribution in [0.5, 0.6) is 0 Å². The van der Waals surface area contributed by atoms with Crippen LogP contribution in [0.4, 0.5) is 0 Å². The van der Waals surface area contributed by atoms with Crippen molar-refractivity contribution in [3.05, 3.63) is 41.4 Å². The maximum absolute atomic E-state index is 9.75. The molecule has 13 heavy (non-hydrogen) atoms. The SMILES string of the molecule is OC(c1cnccn1)c1ccns1. The number of aromatic nitrogens is 3. The highest BCUT2D eigenvalue weighted by atomic mass is 32.1. The van der Waals surface area contributed by atoms with Crippen molar-refractivity contribution in [2.45, 2.75) is 6.10 Å². The number of hydrogen-bond acceptors (Lipinski definition) is 5. The minimum Gasteiger partial charge on any atom is -0.381 e. The van der Waals surface area contributed by atoms with E-state index in [0.717, 1.165) is 4.88 Å². The van der Waals surface area contributed by atoms with Crippen LogP contribution >= 0.6 is 11.5 Å². The highest BCUT2D eigenvalue weighted by Gasteiger charge is 2.12. The molecule has 2 aromatic rings. The predicted octanol–water partition coefficient (Wildman–Crippen LogP) is 1.01. The van der Waals surface area contributed by atoms with Crippen LogP contribution in [0.2, 0.25) is 0 Å². The van der Waals surface area contributed by atoms with Crippen molar-refractivity contribution < 1.29 is 5.11 Å². The van der Waals surface area contributed by atoms with Gasteiger partial charge in [-0.25, -0.2) is 4.37 Å². The van der Waals surface area contributed by atoms with Gasteiger partial charge in [0.1, 0.15) is 6.10 Å². The summed E-state index contributed by atoms with van der Waals surface area (Å²) in [5.41, 5.74) is 0.548. The van der Waals surface area contributed by atoms with Crippen LogP contribution in [0.1, 0.15) is 16.7 Å². The van der Waals surface area contributed by atoms with E-state index in [0.29, 0.717) is 5.69 Å². The summed E-state index contributed by atoms with van der Waals surface area (Å²) in [4.78, 5) is 8.66. The van der Waals surface area contributed by atoms with Gasteiger partial charge in [-0.2, -0.15) is 0 Å². The molecule has 2 rings (SSSR count). The molecule has 1 N–H and O–H groups in total. The Kier molecular flexibility index (Phi) is 2.29. The topological polar surface area (TPSA) is 58.9 Å². The average molecular weight is 193 g/mol. The zero-order valence-corrected chi connectivity index (χ0v) is 7.48. The van der Waals surface area contributed by atoms with Crippen LogP contribution in [0.25, 0.3) is 0 Å². The largest absolute Gasteiger partial charge is 0.381 e. The first-order valence-electron chi connectivity index (χ1n) is 3.72. The van der Waals surface area contributed by atoms with Crippen molar-refractivity contribution in [1.29, 1.82) is 0 Å². The maximum Gasteiger partial charge on any atom is 0.133 e. The van der Waals surface area contributed by atoms with Crippen molar-refractivity contribution >= 4 is 11.5 Å². The number of rotatable bonds is 2. The van der Waals surface area contributed by atoms with Gasteiger partial charge in [0.25, 0.3) is 0 Å². The Bertz CT molecular complexity index is 362. The fourth-order valence-electron chi connectivity index (χ4n) is 0.964. The normalized spacial score (nSPS) is 12.7. The molecule has 0 bridgehead atoms. The maximum atomic E-state index is 9.75. The third-order valence-corrected chi connectivity index (χ3v) is 2.39. The molecular weight excluding hydrogens is 186 g/mol. The van der Waals surface area contributed by atoms with Gasteiger partial charge in [0.15, 0.2) is 0 Å². The molecule has 0 radical (unpaired) electrons. The van der Waals surface area contributed by atoms with Crippen LogP contribution in [0.15, 0.2) is 30.9 Å². The third kappa shape index (κ3) is 1.71. The van der Waals surface area contributed by atoms with Gasteiger partial charge >= 0.3 is 0 Å². The van der Waals surface area contributed by atoms with Crippen LogP contribution in [-0.4, -0.2) is 19.4 Å². The van der Waals surface area contributed by atoms with Gasteiger partial charge in [-0.15, -0.1) is 0 Å².